The van der Waals surface area contributed by atoms with Crippen molar-refractivity contribution in [3.05, 3.63) is 24.4 Å². The number of nitrogens with zero attached hydrogens (tertiary/aromatic N) is 2. The number of hydrogen-bond acceptors (Lipinski definition) is 3. The van der Waals surface area contributed by atoms with Gasteiger partial charge in [0.15, 0.2) is 0 Å². The van der Waals surface area contributed by atoms with Crippen molar-refractivity contribution < 1.29 is 4.79 Å². The highest BCUT2D eigenvalue weighted by Gasteiger charge is 2.22. The Hall–Kier alpha value is -1.88. The molecular weight excluding hydrogens is 240 g/mol. The van der Waals surface area contributed by atoms with E-state index >= 15 is 0 Å². The van der Waals surface area contributed by atoms with E-state index in [1.54, 1.807) is 0 Å². The van der Waals surface area contributed by atoms with Gasteiger partial charge in [-0.3, -0.25) is 9.48 Å². The van der Waals surface area contributed by atoms with E-state index in [-0.39, 0.29) is 11.8 Å². The van der Waals surface area contributed by atoms with Crippen LogP contribution in [0.1, 0.15) is 13.3 Å². The molecule has 2 heterocycles. The van der Waals surface area contributed by atoms with E-state index in [1.807, 2.05) is 29.1 Å². The molecule has 5 nitrogen and oxygen atoms in total. The predicted molar refractivity (Wildman–Crippen MR) is 75.0 cm³/mol. The second kappa shape index (κ2) is 5.01. The lowest BCUT2D eigenvalue weighted by Crippen LogP contribution is -2.24. The fourth-order valence-electron chi connectivity index (χ4n) is 2.52. The summed E-state index contributed by atoms with van der Waals surface area (Å²) in [6.07, 6.45) is 2.77. The van der Waals surface area contributed by atoms with Gasteiger partial charge in [0, 0.05) is 24.2 Å². The topological polar surface area (TPSA) is 59.0 Å². The second-order valence-corrected chi connectivity index (χ2v) is 4.91. The first kappa shape index (κ1) is 12.2. The number of aryl methyl sites for hydroxylation is 1. The third-order valence-corrected chi connectivity index (χ3v) is 3.64. The van der Waals surface area contributed by atoms with Crippen molar-refractivity contribution in [2.75, 3.05) is 18.4 Å². The van der Waals surface area contributed by atoms with Crippen LogP contribution in [0, 0.1) is 5.92 Å². The summed E-state index contributed by atoms with van der Waals surface area (Å²) in [6, 6.07) is 5.92. The first-order chi connectivity index (χ1) is 9.28. The summed E-state index contributed by atoms with van der Waals surface area (Å²) in [5.41, 5.74) is 1.91. The summed E-state index contributed by atoms with van der Waals surface area (Å²) in [4.78, 5) is 12.1. The predicted octanol–water partition coefficient (Wildman–Crippen LogP) is 1.60. The zero-order valence-corrected chi connectivity index (χ0v) is 11.0. The highest BCUT2D eigenvalue weighted by molar-refractivity contribution is 5.95. The maximum absolute atomic E-state index is 12.1. The smallest absolute Gasteiger partial charge is 0.228 e. The van der Waals surface area contributed by atoms with Gasteiger partial charge in [-0.2, -0.15) is 5.10 Å². The number of rotatable bonds is 3. The Labute approximate surface area is 112 Å². The first-order valence-corrected chi connectivity index (χ1v) is 6.75. The fraction of sp³-hybridized carbons (Fsp3) is 0.429. The molecule has 2 N–H and O–H groups in total. The molecule has 1 fully saturated rings. The van der Waals surface area contributed by atoms with Gasteiger partial charge in [-0.15, -0.1) is 0 Å². The summed E-state index contributed by atoms with van der Waals surface area (Å²) in [5.74, 6) is 0.193. The van der Waals surface area contributed by atoms with E-state index in [1.165, 1.54) is 0 Å². The maximum Gasteiger partial charge on any atom is 0.228 e. The average Bonchev–Trinajstić information content (AvgIpc) is 3.07. The number of fused-ring (bicyclic) bond motifs is 1. The molecule has 1 aliphatic heterocycles. The molecule has 0 saturated carbocycles. The number of aromatic nitrogens is 2. The van der Waals surface area contributed by atoms with Crippen molar-refractivity contribution in [3.8, 4) is 0 Å². The summed E-state index contributed by atoms with van der Waals surface area (Å²) in [5, 5.41) is 11.6. The van der Waals surface area contributed by atoms with Crippen molar-refractivity contribution in [1.29, 1.82) is 0 Å². The third-order valence-electron chi connectivity index (χ3n) is 3.64. The lowest BCUT2D eigenvalue weighted by Gasteiger charge is -2.10. The number of benzene rings is 1. The van der Waals surface area contributed by atoms with Gasteiger partial charge in [-0.1, -0.05) is 0 Å². The average molecular weight is 258 g/mol. The summed E-state index contributed by atoms with van der Waals surface area (Å²) >= 11 is 0. The van der Waals surface area contributed by atoms with Crippen molar-refractivity contribution >= 4 is 22.5 Å². The van der Waals surface area contributed by atoms with Crippen molar-refractivity contribution in [3.63, 3.8) is 0 Å². The Morgan fingerprint density at radius 3 is 3.21 bits per heavy atom. The summed E-state index contributed by atoms with van der Waals surface area (Å²) in [6.45, 7) is 4.59. The summed E-state index contributed by atoms with van der Waals surface area (Å²) in [7, 11) is 0. The Balaban J connectivity index is 1.82. The van der Waals surface area contributed by atoms with E-state index in [2.05, 4.69) is 22.7 Å². The van der Waals surface area contributed by atoms with Crippen molar-refractivity contribution in [2.45, 2.75) is 19.9 Å². The van der Waals surface area contributed by atoms with Crippen LogP contribution in [-0.4, -0.2) is 28.8 Å². The molecule has 100 valence electrons. The molecule has 0 spiro atoms. The normalized spacial score (nSPS) is 18.9. The highest BCUT2D eigenvalue weighted by atomic mass is 16.1. The molecule has 3 rings (SSSR count). The van der Waals surface area contributed by atoms with E-state index in [0.717, 1.165) is 42.6 Å². The summed E-state index contributed by atoms with van der Waals surface area (Å²) < 4.78 is 1.93. The largest absolute Gasteiger partial charge is 0.326 e. The third kappa shape index (κ3) is 2.33. The van der Waals surface area contributed by atoms with E-state index in [9.17, 15) is 4.79 Å². The Bertz CT molecular complexity index is 599. The number of carbonyl (C=O) groups is 1. The molecule has 0 bridgehead atoms. The Morgan fingerprint density at radius 2 is 2.47 bits per heavy atom. The van der Waals surface area contributed by atoms with Gasteiger partial charge in [-0.05, 0) is 38.1 Å². The molecule has 1 aromatic carbocycles. The zero-order valence-electron chi connectivity index (χ0n) is 11.0. The molecule has 0 aliphatic carbocycles. The first-order valence-electron chi connectivity index (χ1n) is 6.75. The Morgan fingerprint density at radius 1 is 1.58 bits per heavy atom. The van der Waals surface area contributed by atoms with Crippen LogP contribution in [0.2, 0.25) is 0 Å². The molecule has 1 amide bonds. The second-order valence-electron chi connectivity index (χ2n) is 4.91. The van der Waals surface area contributed by atoms with Gasteiger partial charge >= 0.3 is 0 Å². The standard InChI is InChI=1S/C14H18N4O/c1-2-18-13-7-12(4-3-10(13)9-16-18)17-14(19)11-5-6-15-8-11/h3-4,7,9,11,15H,2,5-6,8H2,1H3,(H,17,19). The number of carbonyl (C=O) groups excluding carboxylic acids is 1. The highest BCUT2D eigenvalue weighted by Crippen LogP contribution is 2.20. The monoisotopic (exact) mass is 258 g/mol. The molecule has 1 saturated heterocycles. The minimum absolute atomic E-state index is 0.0896. The minimum Gasteiger partial charge on any atom is -0.326 e. The molecule has 1 aliphatic rings. The van der Waals surface area contributed by atoms with Crippen LogP contribution in [0.5, 0.6) is 0 Å². The number of nitrogens with one attached hydrogen (secondary N) is 2. The van der Waals surface area contributed by atoms with E-state index in [0.29, 0.717) is 0 Å². The SMILES string of the molecule is CCn1ncc2ccc(NC(=O)C3CCNC3)cc21. The van der Waals surface area contributed by atoms with Crippen LogP contribution in [0.3, 0.4) is 0 Å². The lowest BCUT2D eigenvalue weighted by atomic mass is 10.1. The van der Waals surface area contributed by atoms with Gasteiger partial charge in [0.05, 0.1) is 17.6 Å². The molecular formula is C14H18N4O. The molecule has 19 heavy (non-hydrogen) atoms. The molecule has 1 unspecified atom stereocenters. The van der Waals surface area contributed by atoms with Crippen molar-refractivity contribution in [1.82, 2.24) is 15.1 Å². The molecule has 5 heteroatoms. The number of amides is 1. The number of anilines is 1. The van der Waals surface area contributed by atoms with Crippen LogP contribution in [0.4, 0.5) is 5.69 Å². The van der Waals surface area contributed by atoms with Gasteiger partial charge in [0.25, 0.3) is 0 Å². The molecule has 1 atom stereocenters. The van der Waals surface area contributed by atoms with Crippen LogP contribution in [0.25, 0.3) is 10.9 Å². The zero-order chi connectivity index (χ0) is 13.2. The minimum atomic E-state index is 0.0896. The van der Waals surface area contributed by atoms with E-state index in [4.69, 9.17) is 0 Å². The van der Waals surface area contributed by atoms with Gasteiger partial charge in [-0.25, -0.2) is 0 Å². The maximum atomic E-state index is 12.1. The van der Waals surface area contributed by atoms with Crippen LogP contribution in [-0.2, 0) is 11.3 Å². The molecule has 2 aromatic rings. The van der Waals surface area contributed by atoms with Crippen LogP contribution < -0.4 is 10.6 Å². The quantitative estimate of drug-likeness (QED) is 0.879. The van der Waals surface area contributed by atoms with Gasteiger partial charge in [0.2, 0.25) is 5.91 Å². The number of hydrogen-bond donors (Lipinski definition) is 2. The van der Waals surface area contributed by atoms with E-state index < -0.39 is 0 Å². The van der Waals surface area contributed by atoms with Gasteiger partial charge in [0.1, 0.15) is 0 Å². The lowest BCUT2D eigenvalue weighted by molar-refractivity contribution is -0.119. The Kier molecular flexibility index (Phi) is 3.21. The van der Waals surface area contributed by atoms with Crippen molar-refractivity contribution in [2.24, 2.45) is 5.92 Å². The molecule has 0 radical (unpaired) electrons. The molecule has 1 aromatic heterocycles. The van der Waals surface area contributed by atoms with Crippen LogP contribution >= 0.6 is 0 Å². The fourth-order valence-corrected chi connectivity index (χ4v) is 2.52. The van der Waals surface area contributed by atoms with Crippen LogP contribution in [0.15, 0.2) is 24.4 Å². The van der Waals surface area contributed by atoms with Gasteiger partial charge < -0.3 is 10.6 Å².